The number of phenolic OH excluding ortho intramolecular Hbond substituents is 1. The second-order valence-electron chi connectivity index (χ2n) is 5.07. The second-order valence-corrected chi connectivity index (χ2v) is 5.07. The van der Waals surface area contributed by atoms with Gasteiger partial charge >= 0.3 is 0 Å². The maximum absolute atomic E-state index is 11.9. The molecular weight excluding hydrogens is 254 g/mol. The Labute approximate surface area is 117 Å². The molecule has 0 aliphatic carbocycles. The van der Waals surface area contributed by atoms with Crippen LogP contribution in [-0.4, -0.2) is 35.6 Å². The van der Waals surface area contributed by atoms with E-state index in [1.54, 1.807) is 12.1 Å². The average Bonchev–Trinajstić information content (AvgIpc) is 2.98. The number of benzene rings is 2. The highest BCUT2D eigenvalue weighted by Crippen LogP contribution is 2.24. The van der Waals surface area contributed by atoms with E-state index in [0.29, 0.717) is 5.75 Å². The van der Waals surface area contributed by atoms with Crippen molar-refractivity contribution in [3.05, 3.63) is 36.4 Å². The Bertz CT molecular complexity index is 633. The summed E-state index contributed by atoms with van der Waals surface area (Å²) in [5.41, 5.74) is 0. The number of hydrogen-bond acceptors (Lipinski definition) is 3. The number of rotatable bonds is 3. The Hall–Kier alpha value is -2.23. The molecule has 1 aliphatic rings. The van der Waals surface area contributed by atoms with E-state index < -0.39 is 0 Å². The van der Waals surface area contributed by atoms with Gasteiger partial charge in [-0.1, -0.05) is 12.1 Å². The van der Waals surface area contributed by atoms with Gasteiger partial charge in [0.1, 0.15) is 11.5 Å². The van der Waals surface area contributed by atoms with E-state index in [2.05, 4.69) is 0 Å². The van der Waals surface area contributed by atoms with Crippen LogP contribution in [-0.2, 0) is 4.79 Å². The van der Waals surface area contributed by atoms with E-state index in [1.165, 1.54) is 0 Å². The quantitative estimate of drug-likeness (QED) is 0.933. The number of likely N-dealkylation sites (tertiary alicyclic amines) is 1. The molecule has 4 heteroatoms. The third-order valence-electron chi connectivity index (χ3n) is 3.62. The second kappa shape index (κ2) is 5.41. The van der Waals surface area contributed by atoms with Crippen LogP contribution >= 0.6 is 0 Å². The Kier molecular flexibility index (Phi) is 3.46. The molecule has 1 fully saturated rings. The maximum atomic E-state index is 11.9. The monoisotopic (exact) mass is 271 g/mol. The number of aromatic hydroxyl groups is 1. The van der Waals surface area contributed by atoms with Crippen molar-refractivity contribution in [1.29, 1.82) is 0 Å². The molecule has 0 spiro atoms. The number of carbonyl (C=O) groups is 1. The number of ether oxygens (including phenoxy) is 1. The van der Waals surface area contributed by atoms with Crippen LogP contribution in [0.1, 0.15) is 12.8 Å². The summed E-state index contributed by atoms with van der Waals surface area (Å²) >= 11 is 0. The van der Waals surface area contributed by atoms with Crippen molar-refractivity contribution in [1.82, 2.24) is 4.90 Å². The predicted molar refractivity (Wildman–Crippen MR) is 76.9 cm³/mol. The van der Waals surface area contributed by atoms with E-state index in [4.69, 9.17) is 4.74 Å². The van der Waals surface area contributed by atoms with Gasteiger partial charge in [0.05, 0.1) is 0 Å². The highest BCUT2D eigenvalue weighted by atomic mass is 16.5. The minimum atomic E-state index is 0.0403. The molecule has 1 aliphatic heterocycles. The van der Waals surface area contributed by atoms with E-state index in [-0.39, 0.29) is 18.3 Å². The fraction of sp³-hybridized carbons (Fsp3) is 0.312. The first-order valence-corrected chi connectivity index (χ1v) is 6.86. The number of carbonyl (C=O) groups excluding carboxylic acids is 1. The van der Waals surface area contributed by atoms with Crippen LogP contribution < -0.4 is 4.74 Å². The highest BCUT2D eigenvalue weighted by molar-refractivity contribution is 5.85. The Morgan fingerprint density at radius 3 is 2.65 bits per heavy atom. The summed E-state index contributed by atoms with van der Waals surface area (Å²) in [6.45, 7) is 1.76. The van der Waals surface area contributed by atoms with Crippen molar-refractivity contribution in [3.63, 3.8) is 0 Å². The molecule has 3 rings (SSSR count). The van der Waals surface area contributed by atoms with Crippen molar-refractivity contribution < 1.29 is 14.6 Å². The van der Waals surface area contributed by atoms with Crippen LogP contribution in [0, 0.1) is 0 Å². The fourth-order valence-electron chi connectivity index (χ4n) is 2.50. The molecule has 1 heterocycles. The largest absolute Gasteiger partial charge is 0.508 e. The van der Waals surface area contributed by atoms with Crippen molar-refractivity contribution in [2.45, 2.75) is 12.8 Å². The molecule has 20 heavy (non-hydrogen) atoms. The first-order chi connectivity index (χ1) is 9.72. The van der Waals surface area contributed by atoms with Gasteiger partial charge in [0.2, 0.25) is 0 Å². The van der Waals surface area contributed by atoms with Gasteiger partial charge in [-0.15, -0.1) is 0 Å². The summed E-state index contributed by atoms with van der Waals surface area (Å²) in [7, 11) is 0. The minimum Gasteiger partial charge on any atom is -0.508 e. The molecule has 2 aromatic carbocycles. The number of nitrogens with zero attached hydrogens (tertiary/aromatic N) is 1. The summed E-state index contributed by atoms with van der Waals surface area (Å²) in [5.74, 6) is 0.914. The summed E-state index contributed by atoms with van der Waals surface area (Å²) in [6, 6.07) is 10.8. The number of phenols is 1. The number of amides is 1. The molecule has 1 N–H and O–H groups in total. The van der Waals surface area contributed by atoms with Gasteiger partial charge in [-0.3, -0.25) is 4.79 Å². The van der Waals surface area contributed by atoms with Crippen LogP contribution in [0.2, 0.25) is 0 Å². The van der Waals surface area contributed by atoms with Crippen molar-refractivity contribution >= 4 is 16.7 Å². The van der Waals surface area contributed by atoms with E-state index in [0.717, 1.165) is 36.7 Å². The topological polar surface area (TPSA) is 49.8 Å². The van der Waals surface area contributed by atoms with Gasteiger partial charge in [0.15, 0.2) is 6.61 Å². The van der Waals surface area contributed by atoms with Crippen molar-refractivity contribution in [2.24, 2.45) is 0 Å². The molecule has 2 aromatic rings. The van der Waals surface area contributed by atoms with Crippen LogP contribution in [0.25, 0.3) is 10.8 Å². The lowest BCUT2D eigenvalue weighted by Gasteiger charge is -2.15. The molecule has 104 valence electrons. The van der Waals surface area contributed by atoms with Crippen molar-refractivity contribution in [3.8, 4) is 11.5 Å². The first-order valence-electron chi connectivity index (χ1n) is 6.86. The van der Waals surface area contributed by atoms with Crippen molar-refractivity contribution in [2.75, 3.05) is 19.7 Å². The molecule has 0 aromatic heterocycles. The van der Waals surface area contributed by atoms with Gasteiger partial charge in [-0.25, -0.2) is 0 Å². The smallest absolute Gasteiger partial charge is 0.260 e. The van der Waals surface area contributed by atoms with E-state index >= 15 is 0 Å². The number of hydrogen-bond donors (Lipinski definition) is 1. The fourth-order valence-corrected chi connectivity index (χ4v) is 2.50. The molecule has 1 saturated heterocycles. The van der Waals surface area contributed by atoms with E-state index in [9.17, 15) is 9.90 Å². The van der Waals surface area contributed by atoms with Gasteiger partial charge in [0, 0.05) is 13.1 Å². The zero-order valence-electron chi connectivity index (χ0n) is 11.2. The molecule has 0 bridgehead atoms. The Morgan fingerprint density at radius 2 is 1.85 bits per heavy atom. The molecule has 4 nitrogen and oxygen atoms in total. The third kappa shape index (κ3) is 2.69. The zero-order valence-corrected chi connectivity index (χ0v) is 11.2. The highest BCUT2D eigenvalue weighted by Gasteiger charge is 2.18. The average molecular weight is 271 g/mol. The summed E-state index contributed by atoms with van der Waals surface area (Å²) in [5, 5.41) is 11.4. The lowest BCUT2D eigenvalue weighted by Crippen LogP contribution is -2.32. The van der Waals surface area contributed by atoms with E-state index in [1.807, 2.05) is 29.2 Å². The van der Waals surface area contributed by atoms with Crippen LogP contribution in [0.15, 0.2) is 36.4 Å². The molecular formula is C16H17NO3. The third-order valence-corrected chi connectivity index (χ3v) is 3.62. The summed E-state index contributed by atoms with van der Waals surface area (Å²) < 4.78 is 5.56. The Balaban J connectivity index is 1.69. The van der Waals surface area contributed by atoms with Gasteiger partial charge in [-0.2, -0.15) is 0 Å². The first kappa shape index (κ1) is 12.8. The standard InChI is InChI=1S/C16H17NO3/c18-14-5-3-12-4-6-15(10-13(12)9-14)20-11-16(19)17-7-1-2-8-17/h3-6,9-10,18H,1-2,7-8,11H2. The lowest BCUT2D eigenvalue weighted by molar-refractivity contribution is -0.132. The Morgan fingerprint density at radius 1 is 1.10 bits per heavy atom. The molecule has 1 amide bonds. The SMILES string of the molecule is O=C(COc1ccc2ccc(O)cc2c1)N1CCCC1. The summed E-state index contributed by atoms with van der Waals surface area (Å²) in [6.07, 6.45) is 2.17. The van der Waals surface area contributed by atoms with Gasteiger partial charge in [0.25, 0.3) is 5.91 Å². The number of fused-ring (bicyclic) bond motifs is 1. The lowest BCUT2D eigenvalue weighted by atomic mass is 10.1. The van der Waals surface area contributed by atoms with Crippen LogP contribution in [0.5, 0.6) is 11.5 Å². The molecule has 0 saturated carbocycles. The maximum Gasteiger partial charge on any atom is 0.260 e. The minimum absolute atomic E-state index is 0.0403. The van der Waals surface area contributed by atoms with Gasteiger partial charge < -0.3 is 14.7 Å². The predicted octanol–water partition coefficient (Wildman–Crippen LogP) is 2.55. The normalized spacial score (nSPS) is 14.7. The summed E-state index contributed by atoms with van der Waals surface area (Å²) in [4.78, 5) is 13.7. The van der Waals surface area contributed by atoms with Crippen LogP contribution in [0.3, 0.4) is 0 Å². The van der Waals surface area contributed by atoms with Crippen LogP contribution in [0.4, 0.5) is 0 Å². The molecule has 0 radical (unpaired) electrons. The molecule has 0 unspecified atom stereocenters. The molecule has 0 atom stereocenters. The zero-order chi connectivity index (χ0) is 13.9. The van der Waals surface area contributed by atoms with Gasteiger partial charge in [-0.05, 0) is 47.9 Å².